The summed E-state index contributed by atoms with van der Waals surface area (Å²) in [5.41, 5.74) is 8.35. The van der Waals surface area contributed by atoms with E-state index in [4.69, 9.17) is 15.2 Å². The van der Waals surface area contributed by atoms with Crippen molar-refractivity contribution in [2.75, 3.05) is 32.8 Å². The molecule has 2 rings (SSSR count). The summed E-state index contributed by atoms with van der Waals surface area (Å²) in [6, 6.07) is 4.27. The number of rotatable bonds is 6. The van der Waals surface area contributed by atoms with Crippen LogP contribution in [0.1, 0.15) is 25.0 Å². The number of nitrogens with two attached hydrogens (primary N) is 1. The third kappa shape index (κ3) is 3.39. The third-order valence-corrected chi connectivity index (χ3v) is 3.40. The summed E-state index contributed by atoms with van der Waals surface area (Å²) >= 11 is 0. The van der Waals surface area contributed by atoms with Gasteiger partial charge in [0.05, 0.1) is 13.2 Å². The van der Waals surface area contributed by atoms with Crippen molar-refractivity contribution in [1.29, 1.82) is 0 Å². The number of fused-ring (bicyclic) bond motifs is 1. The van der Waals surface area contributed by atoms with Gasteiger partial charge in [-0.15, -0.1) is 0 Å². The molecule has 19 heavy (non-hydrogen) atoms. The Balaban J connectivity index is 2.23. The molecule has 0 bridgehead atoms. The Morgan fingerprint density at radius 3 is 2.32 bits per heavy atom. The van der Waals surface area contributed by atoms with Crippen LogP contribution in [0.4, 0.5) is 0 Å². The maximum atomic E-state index is 5.68. The standard InChI is InChI=1S/C15H24N2O2/c1-3-18-14-9-12-5-7-17(8-6-16)11-13(12)10-15(14)19-4-2/h9-10H,3-8,11,16H2,1-2H3. The lowest BCUT2D eigenvalue weighted by molar-refractivity contribution is 0.256. The lowest BCUT2D eigenvalue weighted by atomic mass is 9.99. The zero-order chi connectivity index (χ0) is 13.7. The van der Waals surface area contributed by atoms with Crippen LogP contribution in [0.15, 0.2) is 12.1 Å². The van der Waals surface area contributed by atoms with E-state index >= 15 is 0 Å². The minimum atomic E-state index is 0.658. The maximum absolute atomic E-state index is 5.68. The first-order valence-corrected chi connectivity index (χ1v) is 7.12. The molecule has 0 aliphatic carbocycles. The van der Waals surface area contributed by atoms with E-state index in [9.17, 15) is 0 Å². The predicted octanol–water partition coefficient (Wildman–Crippen LogP) is 1.80. The van der Waals surface area contributed by atoms with Crippen molar-refractivity contribution in [3.63, 3.8) is 0 Å². The normalized spacial score (nSPS) is 15.1. The molecule has 4 heteroatoms. The average molecular weight is 264 g/mol. The monoisotopic (exact) mass is 264 g/mol. The van der Waals surface area contributed by atoms with E-state index in [2.05, 4.69) is 17.0 Å². The van der Waals surface area contributed by atoms with Gasteiger partial charge in [0.2, 0.25) is 0 Å². The third-order valence-electron chi connectivity index (χ3n) is 3.40. The molecule has 0 aromatic heterocycles. The first-order chi connectivity index (χ1) is 9.28. The summed E-state index contributed by atoms with van der Waals surface area (Å²) in [6.07, 6.45) is 1.06. The summed E-state index contributed by atoms with van der Waals surface area (Å²) < 4.78 is 11.4. The number of hydrogen-bond acceptors (Lipinski definition) is 4. The Bertz CT molecular complexity index is 421. The summed E-state index contributed by atoms with van der Waals surface area (Å²) in [4.78, 5) is 2.39. The van der Waals surface area contributed by atoms with Crippen molar-refractivity contribution in [2.24, 2.45) is 5.73 Å². The van der Waals surface area contributed by atoms with E-state index in [1.165, 1.54) is 11.1 Å². The van der Waals surface area contributed by atoms with Gasteiger partial charge in [0.1, 0.15) is 0 Å². The van der Waals surface area contributed by atoms with Gasteiger partial charge in [-0.25, -0.2) is 0 Å². The van der Waals surface area contributed by atoms with E-state index < -0.39 is 0 Å². The van der Waals surface area contributed by atoms with Crippen LogP contribution in [0, 0.1) is 0 Å². The highest BCUT2D eigenvalue weighted by molar-refractivity contribution is 5.48. The predicted molar refractivity (Wildman–Crippen MR) is 76.8 cm³/mol. The Morgan fingerprint density at radius 2 is 1.74 bits per heavy atom. The van der Waals surface area contributed by atoms with Crippen molar-refractivity contribution in [1.82, 2.24) is 4.90 Å². The summed E-state index contributed by atoms with van der Waals surface area (Å²) in [5.74, 6) is 1.73. The summed E-state index contributed by atoms with van der Waals surface area (Å²) in [7, 11) is 0. The summed E-state index contributed by atoms with van der Waals surface area (Å²) in [6.45, 7) is 9.02. The molecule has 1 aromatic rings. The smallest absolute Gasteiger partial charge is 0.161 e. The summed E-state index contributed by atoms with van der Waals surface area (Å²) in [5, 5.41) is 0. The second-order valence-corrected chi connectivity index (χ2v) is 4.75. The second-order valence-electron chi connectivity index (χ2n) is 4.75. The van der Waals surface area contributed by atoms with Gasteiger partial charge in [-0.1, -0.05) is 0 Å². The van der Waals surface area contributed by atoms with Gasteiger partial charge in [-0.2, -0.15) is 0 Å². The SMILES string of the molecule is CCOc1cc2c(cc1OCC)CN(CCN)CC2. The molecule has 106 valence electrons. The van der Waals surface area contributed by atoms with E-state index in [1.54, 1.807) is 0 Å². The molecular weight excluding hydrogens is 240 g/mol. The molecule has 0 saturated carbocycles. The van der Waals surface area contributed by atoms with Crippen LogP contribution in [0.5, 0.6) is 11.5 Å². The van der Waals surface area contributed by atoms with E-state index in [0.29, 0.717) is 19.8 Å². The minimum Gasteiger partial charge on any atom is -0.490 e. The van der Waals surface area contributed by atoms with E-state index in [0.717, 1.165) is 37.6 Å². The van der Waals surface area contributed by atoms with E-state index in [1.807, 2.05) is 13.8 Å². The van der Waals surface area contributed by atoms with Crippen LogP contribution in [0.3, 0.4) is 0 Å². The van der Waals surface area contributed by atoms with Gasteiger partial charge in [-0.05, 0) is 43.5 Å². The van der Waals surface area contributed by atoms with Crippen molar-refractivity contribution in [3.05, 3.63) is 23.3 Å². The molecule has 0 radical (unpaired) electrons. The van der Waals surface area contributed by atoms with Crippen LogP contribution in [0.25, 0.3) is 0 Å². The van der Waals surface area contributed by atoms with Crippen LogP contribution < -0.4 is 15.2 Å². The fourth-order valence-electron chi connectivity index (χ4n) is 2.53. The molecule has 1 heterocycles. The van der Waals surface area contributed by atoms with Gasteiger partial charge in [0.15, 0.2) is 11.5 Å². The molecule has 0 atom stereocenters. The van der Waals surface area contributed by atoms with Crippen LogP contribution in [-0.2, 0) is 13.0 Å². The first kappa shape index (κ1) is 14.2. The second kappa shape index (κ2) is 6.78. The zero-order valence-corrected chi connectivity index (χ0v) is 11.9. The molecule has 1 aliphatic rings. The Hall–Kier alpha value is -1.26. The molecule has 0 fully saturated rings. The highest BCUT2D eigenvalue weighted by Crippen LogP contribution is 2.33. The first-order valence-electron chi connectivity index (χ1n) is 7.12. The highest BCUT2D eigenvalue weighted by atomic mass is 16.5. The molecule has 0 unspecified atom stereocenters. The Kier molecular flexibility index (Phi) is 5.05. The number of benzene rings is 1. The van der Waals surface area contributed by atoms with Gasteiger partial charge < -0.3 is 15.2 Å². The molecule has 1 aliphatic heterocycles. The number of nitrogens with zero attached hydrogens (tertiary/aromatic N) is 1. The maximum Gasteiger partial charge on any atom is 0.161 e. The largest absolute Gasteiger partial charge is 0.490 e. The lowest BCUT2D eigenvalue weighted by Gasteiger charge is -2.29. The molecule has 0 spiro atoms. The number of hydrogen-bond donors (Lipinski definition) is 1. The highest BCUT2D eigenvalue weighted by Gasteiger charge is 2.19. The van der Waals surface area contributed by atoms with Gasteiger partial charge >= 0.3 is 0 Å². The average Bonchev–Trinajstić information content (AvgIpc) is 2.40. The molecule has 1 aromatic carbocycles. The van der Waals surface area contributed by atoms with Crippen molar-refractivity contribution >= 4 is 0 Å². The van der Waals surface area contributed by atoms with Crippen molar-refractivity contribution in [2.45, 2.75) is 26.8 Å². The molecule has 0 saturated heterocycles. The number of ether oxygens (including phenoxy) is 2. The van der Waals surface area contributed by atoms with Gasteiger partial charge in [0, 0.05) is 26.2 Å². The Labute approximate surface area is 115 Å². The van der Waals surface area contributed by atoms with Crippen molar-refractivity contribution in [3.8, 4) is 11.5 Å². The van der Waals surface area contributed by atoms with Crippen molar-refractivity contribution < 1.29 is 9.47 Å². The molecular formula is C15H24N2O2. The fourth-order valence-corrected chi connectivity index (χ4v) is 2.53. The molecule has 0 amide bonds. The molecule has 4 nitrogen and oxygen atoms in total. The fraction of sp³-hybridized carbons (Fsp3) is 0.600. The lowest BCUT2D eigenvalue weighted by Crippen LogP contribution is -2.34. The quantitative estimate of drug-likeness (QED) is 0.851. The van der Waals surface area contributed by atoms with Gasteiger partial charge in [0.25, 0.3) is 0 Å². The molecule has 2 N–H and O–H groups in total. The zero-order valence-electron chi connectivity index (χ0n) is 11.9. The minimum absolute atomic E-state index is 0.658. The van der Waals surface area contributed by atoms with Crippen LogP contribution >= 0.6 is 0 Å². The van der Waals surface area contributed by atoms with Gasteiger partial charge in [-0.3, -0.25) is 4.90 Å². The van der Waals surface area contributed by atoms with Crippen LogP contribution in [0.2, 0.25) is 0 Å². The van der Waals surface area contributed by atoms with Crippen LogP contribution in [-0.4, -0.2) is 37.7 Å². The van der Waals surface area contributed by atoms with E-state index in [-0.39, 0.29) is 0 Å². The Morgan fingerprint density at radius 1 is 1.11 bits per heavy atom. The topological polar surface area (TPSA) is 47.7 Å².